The molecule has 30 heavy (non-hydrogen) atoms. The minimum Gasteiger partial charge on any atom is -0.496 e. The van der Waals surface area contributed by atoms with Gasteiger partial charge in [-0.05, 0) is 30.3 Å². The van der Waals surface area contributed by atoms with Crippen LogP contribution in [-0.4, -0.2) is 57.3 Å². The van der Waals surface area contributed by atoms with Gasteiger partial charge < -0.3 is 14.8 Å². The molecule has 11 nitrogen and oxygen atoms in total. The van der Waals surface area contributed by atoms with E-state index in [1.165, 1.54) is 51.5 Å². The summed E-state index contributed by atoms with van der Waals surface area (Å²) in [7, 11) is 0.292. The molecule has 0 saturated carbocycles. The van der Waals surface area contributed by atoms with Crippen LogP contribution in [0, 0.1) is 10.1 Å². The van der Waals surface area contributed by atoms with Crippen LogP contribution in [0.15, 0.2) is 47.4 Å². The number of nitro benzene ring substituents is 1. The average Bonchev–Trinajstić information content (AvgIpc) is 2.72. The zero-order valence-corrected chi connectivity index (χ0v) is 17.1. The number of carbonyl (C=O) groups excluding carboxylic acids is 2. The maximum atomic E-state index is 12.2. The lowest BCUT2D eigenvalue weighted by atomic mass is 10.2. The first kappa shape index (κ1) is 22.8. The number of rotatable bonds is 8. The predicted octanol–water partition coefficient (Wildman–Crippen LogP) is 1.65. The standard InChI is InChI=1S/C18H19N3O8S/c1-20(2)30(26,27)14-6-4-5-12(9-14)18(23)29-11-17(22)19-15-8-7-13(28-3)10-16(15)21(24)25/h4-10H,11H2,1-3H3,(H,19,22). The van der Waals surface area contributed by atoms with Crippen LogP contribution < -0.4 is 10.1 Å². The van der Waals surface area contributed by atoms with E-state index in [1.54, 1.807) is 0 Å². The normalized spacial score (nSPS) is 11.1. The molecular weight excluding hydrogens is 418 g/mol. The van der Waals surface area contributed by atoms with Crippen LogP contribution in [0.2, 0.25) is 0 Å². The molecule has 0 spiro atoms. The Kier molecular flexibility index (Phi) is 7.08. The van der Waals surface area contributed by atoms with E-state index in [2.05, 4.69) is 5.32 Å². The Balaban J connectivity index is 2.07. The van der Waals surface area contributed by atoms with E-state index in [4.69, 9.17) is 9.47 Å². The summed E-state index contributed by atoms with van der Waals surface area (Å²) in [6, 6.07) is 9.00. The van der Waals surface area contributed by atoms with E-state index in [9.17, 15) is 28.1 Å². The number of anilines is 1. The lowest BCUT2D eigenvalue weighted by Gasteiger charge is -2.12. The first-order valence-electron chi connectivity index (χ1n) is 8.38. The molecule has 0 bridgehead atoms. The van der Waals surface area contributed by atoms with Gasteiger partial charge in [-0.15, -0.1) is 0 Å². The van der Waals surface area contributed by atoms with Crippen LogP contribution in [0.3, 0.4) is 0 Å². The number of carbonyl (C=O) groups is 2. The summed E-state index contributed by atoms with van der Waals surface area (Å²) in [5, 5.41) is 13.4. The molecule has 0 atom stereocenters. The fraction of sp³-hybridized carbons (Fsp3) is 0.222. The van der Waals surface area contributed by atoms with Gasteiger partial charge in [0.15, 0.2) is 6.61 Å². The molecule has 160 valence electrons. The Morgan fingerprint density at radius 3 is 2.47 bits per heavy atom. The topological polar surface area (TPSA) is 145 Å². The molecule has 0 heterocycles. The van der Waals surface area contributed by atoms with E-state index in [-0.39, 0.29) is 21.9 Å². The van der Waals surface area contributed by atoms with Gasteiger partial charge in [0.2, 0.25) is 10.0 Å². The Hall–Kier alpha value is -3.51. The van der Waals surface area contributed by atoms with E-state index < -0.39 is 39.1 Å². The maximum Gasteiger partial charge on any atom is 0.338 e. The quantitative estimate of drug-likeness (QED) is 0.373. The molecule has 12 heteroatoms. The monoisotopic (exact) mass is 437 g/mol. The number of nitrogens with zero attached hydrogens (tertiary/aromatic N) is 2. The summed E-state index contributed by atoms with van der Waals surface area (Å²) in [6.07, 6.45) is 0. The molecule has 1 N–H and O–H groups in total. The average molecular weight is 437 g/mol. The van der Waals surface area contributed by atoms with Crippen molar-refractivity contribution in [2.45, 2.75) is 4.90 Å². The number of esters is 1. The van der Waals surface area contributed by atoms with Crippen molar-refractivity contribution in [1.29, 1.82) is 0 Å². The van der Waals surface area contributed by atoms with Crippen LogP contribution in [0.25, 0.3) is 0 Å². The minimum absolute atomic E-state index is 0.0684. The Labute approximate surface area is 172 Å². The van der Waals surface area contributed by atoms with Gasteiger partial charge in [-0.25, -0.2) is 17.5 Å². The number of ether oxygens (including phenoxy) is 2. The SMILES string of the molecule is COc1ccc(NC(=O)COC(=O)c2cccc(S(=O)(=O)N(C)C)c2)c([N+](=O)[O-])c1. The molecule has 0 aromatic heterocycles. The van der Waals surface area contributed by atoms with Crippen molar-refractivity contribution >= 4 is 33.3 Å². The van der Waals surface area contributed by atoms with Crippen molar-refractivity contribution in [2.75, 3.05) is 33.1 Å². The fourth-order valence-corrected chi connectivity index (χ4v) is 3.24. The Morgan fingerprint density at radius 2 is 1.87 bits per heavy atom. The highest BCUT2D eigenvalue weighted by Gasteiger charge is 2.21. The second-order valence-corrected chi connectivity index (χ2v) is 8.23. The van der Waals surface area contributed by atoms with Gasteiger partial charge in [-0.3, -0.25) is 14.9 Å². The molecule has 0 aliphatic carbocycles. The van der Waals surface area contributed by atoms with Crippen LogP contribution >= 0.6 is 0 Å². The third-order valence-electron chi connectivity index (χ3n) is 3.86. The van der Waals surface area contributed by atoms with Crippen molar-refractivity contribution in [3.05, 3.63) is 58.1 Å². The maximum absolute atomic E-state index is 12.2. The summed E-state index contributed by atoms with van der Waals surface area (Å²) >= 11 is 0. The molecule has 0 unspecified atom stereocenters. The number of sulfonamides is 1. The van der Waals surface area contributed by atoms with Crippen LogP contribution in [0.5, 0.6) is 5.75 Å². The summed E-state index contributed by atoms with van der Waals surface area (Å²) in [4.78, 5) is 34.6. The fourth-order valence-electron chi connectivity index (χ4n) is 2.29. The Bertz CT molecular complexity index is 1080. The predicted molar refractivity (Wildman–Crippen MR) is 106 cm³/mol. The largest absolute Gasteiger partial charge is 0.496 e. The van der Waals surface area contributed by atoms with Crippen LogP contribution in [-0.2, 0) is 19.6 Å². The summed E-state index contributed by atoms with van der Waals surface area (Å²) in [5.74, 6) is -1.50. The zero-order valence-electron chi connectivity index (χ0n) is 16.3. The zero-order chi connectivity index (χ0) is 22.5. The van der Waals surface area contributed by atoms with Crippen LogP contribution in [0.1, 0.15) is 10.4 Å². The second kappa shape index (κ2) is 9.33. The van der Waals surface area contributed by atoms with Gasteiger partial charge in [0.1, 0.15) is 11.4 Å². The minimum atomic E-state index is -3.75. The third kappa shape index (κ3) is 5.30. The molecule has 0 radical (unpaired) electrons. The lowest BCUT2D eigenvalue weighted by Crippen LogP contribution is -2.23. The van der Waals surface area contributed by atoms with Gasteiger partial charge in [0, 0.05) is 14.1 Å². The summed E-state index contributed by atoms with van der Waals surface area (Å²) < 4.78 is 35.1. The van der Waals surface area contributed by atoms with Crippen molar-refractivity contribution in [1.82, 2.24) is 4.31 Å². The van der Waals surface area contributed by atoms with E-state index in [0.717, 1.165) is 16.4 Å². The first-order chi connectivity index (χ1) is 14.1. The number of methoxy groups -OCH3 is 1. The molecular formula is C18H19N3O8S. The molecule has 0 aliphatic rings. The number of benzene rings is 2. The summed E-state index contributed by atoms with van der Waals surface area (Å²) in [6.45, 7) is -0.729. The van der Waals surface area contributed by atoms with E-state index >= 15 is 0 Å². The van der Waals surface area contributed by atoms with Gasteiger partial charge in [-0.1, -0.05) is 6.07 Å². The molecule has 2 rings (SSSR count). The van der Waals surface area contributed by atoms with Crippen molar-refractivity contribution in [2.24, 2.45) is 0 Å². The van der Waals surface area contributed by atoms with Crippen molar-refractivity contribution < 1.29 is 32.4 Å². The lowest BCUT2D eigenvalue weighted by molar-refractivity contribution is -0.384. The van der Waals surface area contributed by atoms with E-state index in [0.29, 0.717) is 0 Å². The summed E-state index contributed by atoms with van der Waals surface area (Å²) in [5.41, 5.74) is -0.558. The molecule has 2 aromatic rings. The molecule has 0 fully saturated rings. The number of nitro groups is 1. The van der Waals surface area contributed by atoms with Crippen molar-refractivity contribution in [3.63, 3.8) is 0 Å². The Morgan fingerprint density at radius 1 is 1.17 bits per heavy atom. The number of hydrogen-bond donors (Lipinski definition) is 1. The second-order valence-electron chi connectivity index (χ2n) is 6.08. The molecule has 0 saturated heterocycles. The smallest absolute Gasteiger partial charge is 0.338 e. The number of amides is 1. The number of hydrogen-bond acceptors (Lipinski definition) is 8. The van der Waals surface area contributed by atoms with Gasteiger partial charge >= 0.3 is 5.97 Å². The highest BCUT2D eigenvalue weighted by molar-refractivity contribution is 7.89. The van der Waals surface area contributed by atoms with E-state index in [1.807, 2.05) is 0 Å². The molecule has 1 amide bonds. The highest BCUT2D eigenvalue weighted by Crippen LogP contribution is 2.28. The molecule has 0 aliphatic heterocycles. The highest BCUT2D eigenvalue weighted by atomic mass is 32.2. The molecule has 2 aromatic carbocycles. The van der Waals surface area contributed by atoms with Gasteiger partial charge in [-0.2, -0.15) is 0 Å². The number of nitrogens with one attached hydrogen (secondary N) is 1. The van der Waals surface area contributed by atoms with Crippen LogP contribution in [0.4, 0.5) is 11.4 Å². The third-order valence-corrected chi connectivity index (χ3v) is 5.67. The first-order valence-corrected chi connectivity index (χ1v) is 9.82. The van der Waals surface area contributed by atoms with Crippen molar-refractivity contribution in [3.8, 4) is 5.75 Å². The van der Waals surface area contributed by atoms with Gasteiger partial charge in [0.25, 0.3) is 11.6 Å². The van der Waals surface area contributed by atoms with Gasteiger partial charge in [0.05, 0.1) is 28.6 Å².